The monoisotopic (exact) mass is 223 g/mol. The van der Waals surface area contributed by atoms with E-state index in [0.717, 1.165) is 12.8 Å². The Hall–Kier alpha value is -0.960. The number of nitrogens with two attached hydrogens (primary N) is 1. The summed E-state index contributed by atoms with van der Waals surface area (Å²) in [5, 5.41) is 0.414. The maximum Gasteiger partial charge on any atom is 0.138 e. The van der Waals surface area contributed by atoms with Crippen molar-refractivity contribution >= 4 is 17.4 Å². The minimum absolute atomic E-state index is 0.209. The Morgan fingerprint density at radius 2 is 2.27 bits per heavy atom. The number of thioether (sulfide) groups is 1. The molecule has 0 bridgehead atoms. The third-order valence-corrected chi connectivity index (χ3v) is 3.73. The van der Waals surface area contributed by atoms with Crippen LogP contribution in [0.1, 0.15) is 19.3 Å². The van der Waals surface area contributed by atoms with Crippen LogP contribution in [0.15, 0.2) is 35.2 Å². The highest BCUT2D eigenvalue weighted by atomic mass is 32.2. The van der Waals surface area contributed by atoms with Crippen molar-refractivity contribution in [3.8, 4) is 0 Å². The van der Waals surface area contributed by atoms with E-state index >= 15 is 0 Å². The van der Waals surface area contributed by atoms with Crippen LogP contribution in [-0.2, 0) is 0 Å². The first kappa shape index (κ1) is 10.6. The molecule has 1 aliphatic rings. The quantitative estimate of drug-likeness (QED) is 0.612. The van der Waals surface area contributed by atoms with Gasteiger partial charge < -0.3 is 5.73 Å². The number of allylic oxidation sites excluding steroid dienone is 1. The van der Waals surface area contributed by atoms with Gasteiger partial charge in [0.05, 0.1) is 0 Å². The molecule has 0 aliphatic heterocycles. The van der Waals surface area contributed by atoms with Crippen LogP contribution in [0.4, 0.5) is 10.1 Å². The first-order chi connectivity index (χ1) is 7.25. The van der Waals surface area contributed by atoms with Crippen molar-refractivity contribution in [1.82, 2.24) is 0 Å². The molecule has 15 heavy (non-hydrogen) atoms. The first-order valence-corrected chi connectivity index (χ1v) is 6.02. The Bertz CT molecular complexity index is 376. The number of rotatable bonds is 2. The molecule has 1 nitrogen and oxygen atoms in total. The number of benzene rings is 1. The molecule has 0 saturated carbocycles. The molecule has 1 unspecified atom stereocenters. The predicted molar refractivity (Wildman–Crippen MR) is 63.4 cm³/mol. The Balaban J connectivity index is 2.09. The smallest absolute Gasteiger partial charge is 0.138 e. The van der Waals surface area contributed by atoms with Crippen LogP contribution in [0.2, 0.25) is 0 Å². The van der Waals surface area contributed by atoms with Gasteiger partial charge in [0.2, 0.25) is 0 Å². The molecule has 80 valence electrons. The van der Waals surface area contributed by atoms with E-state index in [0.29, 0.717) is 15.8 Å². The van der Waals surface area contributed by atoms with Gasteiger partial charge in [-0.15, -0.1) is 11.8 Å². The molecule has 1 aliphatic carbocycles. The van der Waals surface area contributed by atoms with Gasteiger partial charge in [-0.2, -0.15) is 0 Å². The normalized spacial score (nSPS) is 20.5. The van der Waals surface area contributed by atoms with Gasteiger partial charge in [-0.1, -0.05) is 12.2 Å². The summed E-state index contributed by atoms with van der Waals surface area (Å²) < 4.78 is 13.5. The summed E-state index contributed by atoms with van der Waals surface area (Å²) in [6, 6.07) is 4.89. The number of hydrogen-bond acceptors (Lipinski definition) is 2. The van der Waals surface area contributed by atoms with Crippen LogP contribution in [-0.4, -0.2) is 5.25 Å². The van der Waals surface area contributed by atoms with Gasteiger partial charge in [0.15, 0.2) is 0 Å². The van der Waals surface area contributed by atoms with E-state index in [1.165, 1.54) is 12.5 Å². The molecule has 1 aromatic rings. The molecule has 0 heterocycles. The molecule has 2 rings (SSSR count). The second kappa shape index (κ2) is 4.71. The number of anilines is 1. The summed E-state index contributed by atoms with van der Waals surface area (Å²) in [6.07, 6.45) is 7.83. The van der Waals surface area contributed by atoms with Crippen LogP contribution in [0.5, 0.6) is 0 Å². The predicted octanol–water partition coefficient (Wildman–Crippen LogP) is 3.61. The zero-order valence-electron chi connectivity index (χ0n) is 8.45. The van der Waals surface area contributed by atoms with Crippen LogP contribution < -0.4 is 5.73 Å². The average molecular weight is 223 g/mol. The summed E-state index contributed by atoms with van der Waals surface area (Å²) in [5.41, 5.74) is 5.98. The van der Waals surface area contributed by atoms with Gasteiger partial charge in [0, 0.05) is 15.8 Å². The van der Waals surface area contributed by atoms with E-state index in [1.54, 1.807) is 23.9 Å². The fraction of sp³-hybridized carbons (Fsp3) is 0.333. The largest absolute Gasteiger partial charge is 0.399 e. The van der Waals surface area contributed by atoms with E-state index in [1.807, 2.05) is 0 Å². The molecule has 0 spiro atoms. The Kier molecular flexibility index (Phi) is 3.31. The lowest BCUT2D eigenvalue weighted by Crippen LogP contribution is -2.02. The maximum absolute atomic E-state index is 13.5. The molecule has 0 aromatic heterocycles. The molecule has 0 saturated heterocycles. The second-order valence-corrected chi connectivity index (χ2v) is 4.99. The highest BCUT2D eigenvalue weighted by Gasteiger charge is 2.12. The highest BCUT2D eigenvalue weighted by molar-refractivity contribution is 8.00. The van der Waals surface area contributed by atoms with Gasteiger partial charge >= 0.3 is 0 Å². The van der Waals surface area contributed by atoms with E-state index < -0.39 is 0 Å². The zero-order chi connectivity index (χ0) is 10.7. The lowest BCUT2D eigenvalue weighted by atomic mass is 10.1. The molecular formula is C12H14FNS. The molecule has 1 aromatic carbocycles. The molecular weight excluding hydrogens is 209 g/mol. The molecule has 0 amide bonds. The Morgan fingerprint density at radius 3 is 2.93 bits per heavy atom. The lowest BCUT2D eigenvalue weighted by Gasteiger charge is -2.16. The van der Waals surface area contributed by atoms with Crippen LogP contribution >= 0.6 is 11.8 Å². The van der Waals surface area contributed by atoms with Crippen molar-refractivity contribution in [2.45, 2.75) is 29.4 Å². The fourth-order valence-corrected chi connectivity index (χ4v) is 2.77. The molecule has 2 N–H and O–H groups in total. The maximum atomic E-state index is 13.5. The summed E-state index contributed by atoms with van der Waals surface area (Å²) in [5.74, 6) is -0.209. The van der Waals surface area contributed by atoms with E-state index in [-0.39, 0.29) is 5.82 Å². The van der Waals surface area contributed by atoms with Gasteiger partial charge in [-0.05, 0) is 37.5 Å². The van der Waals surface area contributed by atoms with E-state index in [9.17, 15) is 4.39 Å². The molecule has 3 heteroatoms. The minimum atomic E-state index is -0.209. The Labute approximate surface area is 93.6 Å². The van der Waals surface area contributed by atoms with Crippen molar-refractivity contribution in [2.24, 2.45) is 0 Å². The summed E-state index contributed by atoms with van der Waals surface area (Å²) in [6.45, 7) is 0. The molecule has 0 radical (unpaired) electrons. The van der Waals surface area contributed by atoms with Crippen LogP contribution in [0, 0.1) is 5.82 Å². The number of nitrogen functional groups attached to an aromatic ring is 1. The van der Waals surface area contributed by atoms with Gasteiger partial charge in [-0.3, -0.25) is 0 Å². The fourth-order valence-electron chi connectivity index (χ4n) is 1.66. The second-order valence-electron chi connectivity index (χ2n) is 3.71. The molecule has 0 fully saturated rings. The number of halogens is 1. The van der Waals surface area contributed by atoms with Gasteiger partial charge in [0.25, 0.3) is 0 Å². The lowest BCUT2D eigenvalue weighted by molar-refractivity contribution is 0.602. The zero-order valence-corrected chi connectivity index (χ0v) is 9.27. The Morgan fingerprint density at radius 1 is 1.40 bits per heavy atom. The first-order valence-electron chi connectivity index (χ1n) is 5.14. The van der Waals surface area contributed by atoms with Crippen molar-refractivity contribution in [3.05, 3.63) is 36.2 Å². The van der Waals surface area contributed by atoms with Crippen molar-refractivity contribution < 1.29 is 4.39 Å². The molecule has 1 atom stereocenters. The average Bonchev–Trinajstić information content (AvgIpc) is 2.24. The SMILES string of the molecule is Nc1ccc(SC2C=CCCC2)c(F)c1. The van der Waals surface area contributed by atoms with Gasteiger partial charge in [0.1, 0.15) is 5.82 Å². The van der Waals surface area contributed by atoms with E-state index in [2.05, 4.69) is 12.2 Å². The summed E-state index contributed by atoms with van der Waals surface area (Å²) >= 11 is 1.58. The van der Waals surface area contributed by atoms with Gasteiger partial charge in [-0.25, -0.2) is 4.39 Å². The van der Waals surface area contributed by atoms with Crippen LogP contribution in [0.25, 0.3) is 0 Å². The van der Waals surface area contributed by atoms with Crippen molar-refractivity contribution in [3.63, 3.8) is 0 Å². The third kappa shape index (κ3) is 2.75. The summed E-state index contributed by atoms with van der Waals surface area (Å²) in [7, 11) is 0. The van der Waals surface area contributed by atoms with Crippen LogP contribution in [0.3, 0.4) is 0 Å². The minimum Gasteiger partial charge on any atom is -0.399 e. The topological polar surface area (TPSA) is 26.0 Å². The standard InChI is InChI=1S/C12H14FNS/c13-11-8-9(14)6-7-12(11)15-10-4-2-1-3-5-10/h2,4,6-8,10H,1,3,5,14H2. The van der Waals surface area contributed by atoms with Crippen molar-refractivity contribution in [2.75, 3.05) is 5.73 Å². The van der Waals surface area contributed by atoms with Crippen molar-refractivity contribution in [1.29, 1.82) is 0 Å². The number of hydrogen-bond donors (Lipinski definition) is 1. The third-order valence-electron chi connectivity index (χ3n) is 2.44. The van der Waals surface area contributed by atoms with E-state index in [4.69, 9.17) is 5.73 Å². The summed E-state index contributed by atoms with van der Waals surface area (Å²) in [4.78, 5) is 0.695. The highest BCUT2D eigenvalue weighted by Crippen LogP contribution is 2.32.